The molecule has 0 saturated carbocycles. The number of nitrogens with one attached hydrogen (secondary N) is 1. The van der Waals surface area contributed by atoms with E-state index < -0.39 is 0 Å². The zero-order valence-electron chi connectivity index (χ0n) is 17.2. The summed E-state index contributed by atoms with van der Waals surface area (Å²) in [5.41, 5.74) is 2.62. The van der Waals surface area contributed by atoms with Gasteiger partial charge in [0.1, 0.15) is 0 Å². The third kappa shape index (κ3) is 5.72. The molecule has 28 heavy (non-hydrogen) atoms. The normalized spacial score (nSPS) is 17.5. The zero-order valence-corrected chi connectivity index (χ0v) is 21.1. The number of aryl methyl sites for hydroxylation is 1. The van der Waals surface area contributed by atoms with Crippen LogP contribution in [-0.2, 0) is 12.5 Å². The van der Waals surface area contributed by atoms with Gasteiger partial charge in [0.05, 0.1) is 12.7 Å². The number of halogens is 2. The average Bonchev–Trinajstić information content (AvgIpc) is 3.28. The van der Waals surface area contributed by atoms with Crippen molar-refractivity contribution in [2.45, 2.75) is 38.5 Å². The molecule has 154 valence electrons. The summed E-state index contributed by atoms with van der Waals surface area (Å²) in [5.74, 6) is 1.55. The number of rotatable bonds is 5. The molecule has 1 fully saturated rings. The van der Waals surface area contributed by atoms with Crippen molar-refractivity contribution < 1.29 is 0 Å². The molecule has 1 aliphatic rings. The second-order valence-electron chi connectivity index (χ2n) is 7.94. The van der Waals surface area contributed by atoms with Crippen LogP contribution in [0.4, 0.5) is 0 Å². The van der Waals surface area contributed by atoms with Crippen molar-refractivity contribution in [2.24, 2.45) is 12.0 Å². The van der Waals surface area contributed by atoms with Crippen LogP contribution in [0.1, 0.15) is 44.2 Å². The molecule has 3 rings (SSSR count). The van der Waals surface area contributed by atoms with Gasteiger partial charge in [-0.25, -0.2) is 0 Å². The van der Waals surface area contributed by atoms with Gasteiger partial charge in [-0.3, -0.25) is 9.67 Å². The summed E-state index contributed by atoms with van der Waals surface area (Å²) in [4.78, 5) is 7.39. The van der Waals surface area contributed by atoms with E-state index in [1.165, 1.54) is 11.1 Å². The molecule has 0 bridgehead atoms. The van der Waals surface area contributed by atoms with E-state index >= 15 is 0 Å². The average molecular weight is 560 g/mol. The van der Waals surface area contributed by atoms with Crippen molar-refractivity contribution in [1.29, 1.82) is 0 Å². The maximum Gasteiger partial charge on any atom is 0.193 e. The third-order valence-electron chi connectivity index (χ3n) is 5.27. The van der Waals surface area contributed by atoms with E-state index in [1.807, 2.05) is 17.9 Å². The highest BCUT2D eigenvalue weighted by molar-refractivity contribution is 14.0. The summed E-state index contributed by atoms with van der Waals surface area (Å²) in [6.07, 6.45) is 5.27. The Morgan fingerprint density at radius 3 is 2.64 bits per heavy atom. The number of hydrogen-bond donors (Lipinski definition) is 1. The summed E-state index contributed by atoms with van der Waals surface area (Å²) < 4.78 is 3.00. The van der Waals surface area contributed by atoms with E-state index in [1.54, 1.807) is 0 Å². The highest BCUT2D eigenvalue weighted by Crippen LogP contribution is 2.28. The smallest absolute Gasteiger partial charge is 0.193 e. The molecule has 1 unspecified atom stereocenters. The Kier molecular flexibility index (Phi) is 8.36. The maximum absolute atomic E-state index is 5.00. The van der Waals surface area contributed by atoms with E-state index in [-0.39, 0.29) is 29.4 Å². The number of hydrogen-bond acceptors (Lipinski definition) is 2. The fraction of sp³-hybridized carbons (Fsp3) is 0.524. The van der Waals surface area contributed by atoms with Crippen molar-refractivity contribution >= 4 is 45.9 Å². The summed E-state index contributed by atoms with van der Waals surface area (Å²) in [7, 11) is 1.98. The molecule has 1 saturated heterocycles. The van der Waals surface area contributed by atoms with Gasteiger partial charge >= 0.3 is 0 Å². The molecule has 0 amide bonds. The molecule has 1 aromatic heterocycles. The van der Waals surface area contributed by atoms with Gasteiger partial charge in [0.2, 0.25) is 0 Å². The van der Waals surface area contributed by atoms with Crippen LogP contribution in [0, 0.1) is 0 Å². The van der Waals surface area contributed by atoms with E-state index in [4.69, 9.17) is 4.99 Å². The first-order chi connectivity index (χ1) is 12.9. The molecule has 2 heterocycles. The summed E-state index contributed by atoms with van der Waals surface area (Å²) in [6.45, 7) is 10.3. The van der Waals surface area contributed by atoms with E-state index in [0.29, 0.717) is 5.92 Å². The Labute approximate surface area is 194 Å². The van der Waals surface area contributed by atoms with Gasteiger partial charge in [-0.2, -0.15) is 5.10 Å². The SMILES string of the molecule is CCNC(=NCC(C)(C)c1ccc(Br)cc1)N1CCC(c2cnn(C)c2)C1.I. The molecule has 1 N–H and O–H groups in total. The van der Waals surface area contributed by atoms with Crippen molar-refractivity contribution in [3.8, 4) is 0 Å². The lowest BCUT2D eigenvalue weighted by Crippen LogP contribution is -2.41. The van der Waals surface area contributed by atoms with E-state index in [9.17, 15) is 0 Å². The Hall–Kier alpha value is -1.09. The Morgan fingerprint density at radius 1 is 1.32 bits per heavy atom. The van der Waals surface area contributed by atoms with E-state index in [2.05, 4.69) is 82.5 Å². The fourth-order valence-corrected chi connectivity index (χ4v) is 3.83. The second kappa shape index (κ2) is 10.1. The first-order valence-corrected chi connectivity index (χ1v) is 10.5. The largest absolute Gasteiger partial charge is 0.357 e. The second-order valence-corrected chi connectivity index (χ2v) is 8.86. The lowest BCUT2D eigenvalue weighted by Gasteiger charge is -2.26. The number of benzene rings is 1. The van der Waals surface area contributed by atoms with Crippen molar-refractivity contribution in [1.82, 2.24) is 20.0 Å². The summed E-state index contributed by atoms with van der Waals surface area (Å²) in [6, 6.07) is 8.57. The molecular weight excluding hydrogens is 529 g/mol. The summed E-state index contributed by atoms with van der Waals surface area (Å²) in [5, 5.41) is 7.81. The van der Waals surface area contributed by atoms with Crippen LogP contribution < -0.4 is 5.32 Å². The van der Waals surface area contributed by atoms with Crippen LogP contribution in [0.15, 0.2) is 46.1 Å². The molecule has 0 spiro atoms. The molecule has 0 aliphatic carbocycles. The van der Waals surface area contributed by atoms with Crippen LogP contribution in [0.5, 0.6) is 0 Å². The van der Waals surface area contributed by atoms with Crippen molar-refractivity contribution in [3.63, 3.8) is 0 Å². The Bertz CT molecular complexity index is 784. The van der Waals surface area contributed by atoms with E-state index in [0.717, 1.165) is 43.0 Å². The number of aliphatic imine (C=N–C) groups is 1. The number of aromatic nitrogens is 2. The third-order valence-corrected chi connectivity index (χ3v) is 5.80. The lowest BCUT2D eigenvalue weighted by atomic mass is 9.85. The van der Waals surface area contributed by atoms with Crippen LogP contribution >= 0.6 is 39.9 Å². The van der Waals surface area contributed by atoms with Gasteiger partial charge < -0.3 is 10.2 Å². The topological polar surface area (TPSA) is 45.5 Å². The fourth-order valence-electron chi connectivity index (χ4n) is 3.57. The highest BCUT2D eigenvalue weighted by atomic mass is 127. The Balaban J connectivity index is 0.00000280. The standard InChI is InChI=1S/C21H30BrN5.HI/c1-5-23-20(24-15-21(2,3)18-6-8-19(22)9-7-18)27-11-10-16(14-27)17-12-25-26(4)13-17;/h6-9,12-13,16H,5,10-11,14-15H2,1-4H3,(H,23,24);1H. The van der Waals surface area contributed by atoms with Gasteiger partial charge in [-0.15, -0.1) is 24.0 Å². The van der Waals surface area contributed by atoms with Crippen LogP contribution in [0.3, 0.4) is 0 Å². The number of nitrogens with zero attached hydrogens (tertiary/aromatic N) is 4. The van der Waals surface area contributed by atoms with Gasteiger partial charge in [-0.05, 0) is 36.6 Å². The van der Waals surface area contributed by atoms with Crippen LogP contribution in [-0.4, -0.2) is 46.8 Å². The van der Waals surface area contributed by atoms with Gasteiger partial charge in [0.15, 0.2) is 5.96 Å². The molecule has 2 aromatic rings. The highest BCUT2D eigenvalue weighted by Gasteiger charge is 2.28. The minimum Gasteiger partial charge on any atom is -0.357 e. The maximum atomic E-state index is 5.00. The predicted octanol–water partition coefficient (Wildman–Crippen LogP) is 4.53. The van der Waals surface area contributed by atoms with Crippen molar-refractivity contribution in [2.75, 3.05) is 26.2 Å². The van der Waals surface area contributed by atoms with Crippen LogP contribution in [0.2, 0.25) is 0 Å². The summed E-state index contributed by atoms with van der Waals surface area (Å²) >= 11 is 3.52. The number of guanidine groups is 1. The molecule has 1 atom stereocenters. The quantitative estimate of drug-likeness (QED) is 0.332. The molecule has 5 nitrogen and oxygen atoms in total. The van der Waals surface area contributed by atoms with Crippen LogP contribution in [0.25, 0.3) is 0 Å². The molecule has 1 aliphatic heterocycles. The molecular formula is C21H31BrIN5. The minimum absolute atomic E-state index is 0. The van der Waals surface area contributed by atoms with Gasteiger partial charge in [0.25, 0.3) is 0 Å². The van der Waals surface area contributed by atoms with Gasteiger partial charge in [-0.1, -0.05) is 41.9 Å². The minimum atomic E-state index is -0.0101. The Morgan fingerprint density at radius 2 is 2.04 bits per heavy atom. The van der Waals surface area contributed by atoms with Gasteiger partial charge in [0, 0.05) is 48.7 Å². The van der Waals surface area contributed by atoms with Crippen molar-refractivity contribution in [3.05, 3.63) is 52.3 Å². The molecule has 7 heteroatoms. The lowest BCUT2D eigenvalue weighted by molar-refractivity contribution is 0.474. The molecule has 0 radical (unpaired) electrons. The number of likely N-dealkylation sites (tertiary alicyclic amines) is 1. The first-order valence-electron chi connectivity index (χ1n) is 9.67. The predicted molar refractivity (Wildman–Crippen MR) is 131 cm³/mol. The molecule has 1 aromatic carbocycles. The zero-order chi connectivity index (χ0) is 19.4. The monoisotopic (exact) mass is 559 g/mol. The first kappa shape index (κ1) is 23.2.